The number of rotatable bonds is 6. The lowest BCUT2D eigenvalue weighted by molar-refractivity contribution is -0.139. The van der Waals surface area contributed by atoms with E-state index in [9.17, 15) is 19.1 Å². The highest BCUT2D eigenvalue weighted by molar-refractivity contribution is 5.96. The van der Waals surface area contributed by atoms with E-state index in [4.69, 9.17) is 4.74 Å². The van der Waals surface area contributed by atoms with Crippen LogP contribution in [0, 0.1) is 5.82 Å². The minimum absolute atomic E-state index is 0.0273. The summed E-state index contributed by atoms with van der Waals surface area (Å²) in [4.78, 5) is 23.5. The number of aliphatic carboxylic acids is 1. The fraction of sp³-hybridized carbons (Fsp3) is 0.176. The second kappa shape index (κ2) is 7.40. The summed E-state index contributed by atoms with van der Waals surface area (Å²) >= 11 is 0. The van der Waals surface area contributed by atoms with Crippen LogP contribution in [0.3, 0.4) is 0 Å². The van der Waals surface area contributed by atoms with Gasteiger partial charge in [0.1, 0.15) is 17.6 Å². The number of benzene rings is 2. The third-order valence-electron chi connectivity index (χ3n) is 3.34. The molecule has 1 amide bonds. The summed E-state index contributed by atoms with van der Waals surface area (Å²) in [6.45, 7) is 0. The summed E-state index contributed by atoms with van der Waals surface area (Å²) in [6.07, 6.45) is 0.0273. The smallest absolute Gasteiger partial charge is 0.326 e. The number of halogens is 1. The van der Waals surface area contributed by atoms with Crippen LogP contribution in [0.15, 0.2) is 48.5 Å². The molecule has 0 aliphatic carbocycles. The van der Waals surface area contributed by atoms with E-state index < -0.39 is 23.7 Å². The molecule has 5 nitrogen and oxygen atoms in total. The molecule has 0 saturated carbocycles. The van der Waals surface area contributed by atoms with Crippen LogP contribution in [0.4, 0.5) is 4.39 Å². The molecule has 2 N–H and O–H groups in total. The van der Waals surface area contributed by atoms with Crippen LogP contribution in [0.2, 0.25) is 0 Å². The van der Waals surface area contributed by atoms with Gasteiger partial charge in [0.15, 0.2) is 0 Å². The van der Waals surface area contributed by atoms with E-state index in [-0.39, 0.29) is 12.0 Å². The van der Waals surface area contributed by atoms with Crippen LogP contribution in [-0.2, 0) is 11.2 Å². The van der Waals surface area contributed by atoms with E-state index in [0.29, 0.717) is 11.3 Å². The van der Waals surface area contributed by atoms with Crippen LogP contribution in [0.1, 0.15) is 15.9 Å². The lowest BCUT2D eigenvalue weighted by atomic mass is 10.0. The Morgan fingerprint density at radius 1 is 1.17 bits per heavy atom. The van der Waals surface area contributed by atoms with E-state index in [1.807, 2.05) is 0 Å². The Morgan fingerprint density at radius 3 is 2.48 bits per heavy atom. The molecule has 0 unspecified atom stereocenters. The number of ether oxygens (including phenoxy) is 1. The first-order chi connectivity index (χ1) is 11.0. The molecule has 1 atom stereocenters. The third kappa shape index (κ3) is 4.06. The SMILES string of the molecule is COc1ccccc1C[C@H](NC(=O)c1ccccc1F)C(=O)O. The van der Waals surface area contributed by atoms with Gasteiger partial charge in [-0.2, -0.15) is 0 Å². The number of hydrogen-bond donors (Lipinski definition) is 2. The minimum atomic E-state index is -1.21. The van der Waals surface area contributed by atoms with Gasteiger partial charge in [-0.05, 0) is 23.8 Å². The second-order valence-electron chi connectivity index (χ2n) is 4.86. The van der Waals surface area contributed by atoms with E-state index in [2.05, 4.69) is 5.32 Å². The summed E-state index contributed by atoms with van der Waals surface area (Å²) < 4.78 is 18.8. The van der Waals surface area contributed by atoms with Crippen molar-refractivity contribution in [2.45, 2.75) is 12.5 Å². The molecule has 2 aromatic carbocycles. The number of para-hydroxylation sites is 1. The average Bonchev–Trinajstić information content (AvgIpc) is 2.54. The molecule has 6 heteroatoms. The monoisotopic (exact) mass is 317 g/mol. The first-order valence-corrected chi connectivity index (χ1v) is 6.93. The molecule has 0 aliphatic rings. The summed E-state index contributed by atoms with van der Waals surface area (Å²) in [5.41, 5.74) is 0.440. The van der Waals surface area contributed by atoms with Crippen molar-refractivity contribution in [3.8, 4) is 5.75 Å². The fourth-order valence-electron chi connectivity index (χ4n) is 2.17. The molecule has 120 valence electrons. The van der Waals surface area contributed by atoms with E-state index >= 15 is 0 Å². The third-order valence-corrected chi connectivity index (χ3v) is 3.34. The van der Waals surface area contributed by atoms with E-state index in [1.54, 1.807) is 24.3 Å². The molecule has 0 aliphatic heterocycles. The zero-order valence-electron chi connectivity index (χ0n) is 12.5. The van der Waals surface area contributed by atoms with Crippen molar-refractivity contribution >= 4 is 11.9 Å². The van der Waals surface area contributed by atoms with E-state index in [0.717, 1.165) is 6.07 Å². The maximum atomic E-state index is 13.6. The molecular formula is C17H16FNO4. The Kier molecular flexibility index (Phi) is 5.30. The largest absolute Gasteiger partial charge is 0.496 e. The number of nitrogens with one attached hydrogen (secondary N) is 1. The Balaban J connectivity index is 2.18. The van der Waals surface area contributed by atoms with Gasteiger partial charge >= 0.3 is 5.97 Å². The molecule has 2 aromatic rings. The number of carboxylic acid groups (broad SMARTS) is 1. The average molecular weight is 317 g/mol. The molecule has 23 heavy (non-hydrogen) atoms. The first kappa shape index (κ1) is 16.5. The van der Waals surface area contributed by atoms with Crippen LogP contribution in [0.5, 0.6) is 5.75 Å². The van der Waals surface area contributed by atoms with Gasteiger partial charge in [-0.15, -0.1) is 0 Å². The minimum Gasteiger partial charge on any atom is -0.496 e. The van der Waals surface area contributed by atoms with Crippen molar-refractivity contribution in [3.63, 3.8) is 0 Å². The number of carbonyl (C=O) groups excluding carboxylic acids is 1. The number of methoxy groups -OCH3 is 1. The predicted molar refractivity (Wildman–Crippen MR) is 82.0 cm³/mol. The molecule has 0 spiro atoms. The van der Waals surface area contributed by atoms with E-state index in [1.165, 1.54) is 25.3 Å². The van der Waals surface area contributed by atoms with Crippen molar-refractivity contribution in [3.05, 3.63) is 65.5 Å². The van der Waals surface area contributed by atoms with Gasteiger partial charge in [0.05, 0.1) is 12.7 Å². The Labute approximate surface area is 132 Å². The molecule has 0 bridgehead atoms. The van der Waals surface area contributed by atoms with Gasteiger partial charge in [-0.25, -0.2) is 9.18 Å². The predicted octanol–water partition coefficient (Wildman–Crippen LogP) is 2.26. The number of amides is 1. The molecule has 0 radical (unpaired) electrons. The summed E-state index contributed by atoms with van der Waals surface area (Å²) in [5, 5.41) is 11.7. The number of carboxylic acids is 1. The van der Waals surface area contributed by atoms with Crippen LogP contribution >= 0.6 is 0 Å². The standard InChI is InChI=1S/C17H16FNO4/c1-23-15-9-5-2-6-11(15)10-14(17(21)22)19-16(20)12-7-3-4-8-13(12)18/h2-9,14H,10H2,1H3,(H,19,20)(H,21,22)/t14-/m0/s1. The fourth-order valence-corrected chi connectivity index (χ4v) is 2.17. The van der Waals surface area contributed by atoms with Crippen molar-refractivity contribution in [2.24, 2.45) is 0 Å². The maximum absolute atomic E-state index is 13.6. The molecule has 0 fully saturated rings. The second-order valence-corrected chi connectivity index (χ2v) is 4.86. The van der Waals surface area contributed by atoms with Gasteiger partial charge in [0.25, 0.3) is 5.91 Å². The topological polar surface area (TPSA) is 75.6 Å². The highest BCUT2D eigenvalue weighted by Gasteiger charge is 2.23. The molecular weight excluding hydrogens is 301 g/mol. The molecule has 2 rings (SSSR count). The van der Waals surface area contributed by atoms with Crippen molar-refractivity contribution in [1.29, 1.82) is 0 Å². The lowest BCUT2D eigenvalue weighted by Gasteiger charge is -2.16. The summed E-state index contributed by atoms with van der Waals surface area (Å²) in [6, 6.07) is 11.1. The van der Waals surface area contributed by atoms with Crippen molar-refractivity contribution < 1.29 is 23.8 Å². The van der Waals surface area contributed by atoms with Crippen LogP contribution < -0.4 is 10.1 Å². The van der Waals surface area contributed by atoms with Gasteiger partial charge in [-0.3, -0.25) is 4.79 Å². The van der Waals surface area contributed by atoms with Gasteiger partial charge in [0, 0.05) is 6.42 Å². The normalized spacial score (nSPS) is 11.6. The van der Waals surface area contributed by atoms with Crippen LogP contribution in [0.25, 0.3) is 0 Å². The van der Waals surface area contributed by atoms with Gasteiger partial charge in [-0.1, -0.05) is 30.3 Å². The Hall–Kier alpha value is -2.89. The summed E-state index contributed by atoms with van der Waals surface area (Å²) in [7, 11) is 1.48. The van der Waals surface area contributed by atoms with Crippen LogP contribution in [-0.4, -0.2) is 30.1 Å². The molecule has 0 aromatic heterocycles. The quantitative estimate of drug-likeness (QED) is 0.857. The Bertz CT molecular complexity index is 717. The zero-order valence-corrected chi connectivity index (χ0v) is 12.5. The van der Waals surface area contributed by atoms with Gasteiger partial charge in [0.2, 0.25) is 0 Å². The molecule has 0 saturated heterocycles. The number of hydrogen-bond acceptors (Lipinski definition) is 3. The highest BCUT2D eigenvalue weighted by Crippen LogP contribution is 2.19. The number of carbonyl (C=O) groups is 2. The lowest BCUT2D eigenvalue weighted by Crippen LogP contribution is -2.42. The van der Waals surface area contributed by atoms with Crippen molar-refractivity contribution in [1.82, 2.24) is 5.32 Å². The van der Waals surface area contributed by atoms with Gasteiger partial charge < -0.3 is 15.2 Å². The summed E-state index contributed by atoms with van der Waals surface area (Å²) in [5.74, 6) is -2.16. The maximum Gasteiger partial charge on any atom is 0.326 e. The Morgan fingerprint density at radius 2 is 1.83 bits per heavy atom. The highest BCUT2D eigenvalue weighted by atomic mass is 19.1. The first-order valence-electron chi connectivity index (χ1n) is 6.93. The zero-order chi connectivity index (χ0) is 16.8. The van der Waals surface area contributed by atoms with Crippen molar-refractivity contribution in [2.75, 3.05) is 7.11 Å². The molecule has 0 heterocycles.